The van der Waals surface area contributed by atoms with Crippen molar-refractivity contribution in [2.75, 3.05) is 23.5 Å². The van der Waals surface area contributed by atoms with Crippen molar-refractivity contribution in [3.05, 3.63) is 54.1 Å². The summed E-state index contributed by atoms with van der Waals surface area (Å²) in [6.45, 7) is 3.05. The monoisotopic (exact) mass is 224 g/mol. The molecular weight excluding hydrogens is 208 g/mol. The minimum atomic E-state index is 0.919. The number of hydrogen-bond donors (Lipinski definition) is 0. The molecule has 0 saturated heterocycles. The van der Waals surface area contributed by atoms with E-state index in [-0.39, 0.29) is 0 Å². The zero-order valence-electron chi connectivity index (χ0n) is 10.2. The highest BCUT2D eigenvalue weighted by molar-refractivity contribution is 5.82. The van der Waals surface area contributed by atoms with Crippen molar-refractivity contribution in [2.45, 2.75) is 6.92 Å². The van der Waals surface area contributed by atoms with E-state index in [9.17, 15) is 0 Å². The summed E-state index contributed by atoms with van der Waals surface area (Å²) in [4.78, 5) is 4.62. The first-order valence-corrected chi connectivity index (χ1v) is 5.90. The standard InChI is InChI=1S/C15H16N2/c1-12-6-5-7-13(10-12)17-11-16(2)14-8-3-4-9-15(14)17/h3-10H,11H2,1-2H3. The summed E-state index contributed by atoms with van der Waals surface area (Å²) in [6.07, 6.45) is 0. The Kier molecular flexibility index (Phi) is 2.29. The van der Waals surface area contributed by atoms with Crippen molar-refractivity contribution in [2.24, 2.45) is 0 Å². The molecule has 2 aromatic rings. The van der Waals surface area contributed by atoms with Gasteiger partial charge in [0.15, 0.2) is 0 Å². The molecule has 0 amide bonds. The molecule has 0 aromatic heterocycles. The van der Waals surface area contributed by atoms with Gasteiger partial charge in [0.1, 0.15) is 0 Å². The molecule has 86 valence electrons. The summed E-state index contributed by atoms with van der Waals surface area (Å²) in [5.74, 6) is 0. The van der Waals surface area contributed by atoms with Crippen LogP contribution in [0.15, 0.2) is 48.5 Å². The molecule has 0 atom stereocenters. The number of anilines is 3. The maximum absolute atomic E-state index is 2.35. The van der Waals surface area contributed by atoms with Crippen molar-refractivity contribution in [3.63, 3.8) is 0 Å². The Morgan fingerprint density at radius 2 is 1.71 bits per heavy atom. The second-order valence-electron chi connectivity index (χ2n) is 4.60. The molecule has 0 unspecified atom stereocenters. The quantitative estimate of drug-likeness (QED) is 0.731. The maximum atomic E-state index is 2.35. The van der Waals surface area contributed by atoms with Crippen molar-refractivity contribution in [1.82, 2.24) is 0 Å². The lowest BCUT2D eigenvalue weighted by Gasteiger charge is -2.19. The first-order chi connectivity index (χ1) is 8.25. The van der Waals surface area contributed by atoms with E-state index in [2.05, 4.69) is 72.3 Å². The van der Waals surface area contributed by atoms with Gasteiger partial charge in [-0.15, -0.1) is 0 Å². The van der Waals surface area contributed by atoms with Gasteiger partial charge in [-0.05, 0) is 36.8 Å². The normalized spacial score (nSPS) is 14.0. The zero-order valence-corrected chi connectivity index (χ0v) is 10.2. The van der Waals surface area contributed by atoms with Crippen molar-refractivity contribution < 1.29 is 0 Å². The van der Waals surface area contributed by atoms with Crippen molar-refractivity contribution in [3.8, 4) is 0 Å². The van der Waals surface area contributed by atoms with Crippen molar-refractivity contribution in [1.29, 1.82) is 0 Å². The van der Waals surface area contributed by atoms with Gasteiger partial charge in [-0.1, -0.05) is 24.3 Å². The van der Waals surface area contributed by atoms with Crippen LogP contribution in [0.4, 0.5) is 17.1 Å². The summed E-state index contributed by atoms with van der Waals surface area (Å²) >= 11 is 0. The van der Waals surface area contributed by atoms with E-state index in [0.717, 1.165) is 6.67 Å². The average molecular weight is 224 g/mol. The fourth-order valence-corrected chi connectivity index (χ4v) is 2.40. The summed E-state index contributed by atoms with van der Waals surface area (Å²) in [5.41, 5.74) is 5.16. The predicted octanol–water partition coefficient (Wildman–Crippen LogP) is 3.54. The molecule has 2 nitrogen and oxygen atoms in total. The Morgan fingerprint density at radius 1 is 0.941 bits per heavy atom. The third-order valence-corrected chi connectivity index (χ3v) is 3.25. The summed E-state index contributed by atoms with van der Waals surface area (Å²) < 4.78 is 0. The average Bonchev–Trinajstić information content (AvgIpc) is 2.68. The highest BCUT2D eigenvalue weighted by Gasteiger charge is 2.23. The lowest BCUT2D eigenvalue weighted by Crippen LogP contribution is -2.23. The molecule has 17 heavy (non-hydrogen) atoms. The SMILES string of the molecule is Cc1cccc(N2CN(C)c3ccccc32)c1. The van der Waals surface area contributed by atoms with Gasteiger partial charge in [-0.2, -0.15) is 0 Å². The van der Waals surface area contributed by atoms with Crippen LogP contribution in [0.25, 0.3) is 0 Å². The maximum Gasteiger partial charge on any atom is 0.0950 e. The van der Waals surface area contributed by atoms with Crippen molar-refractivity contribution >= 4 is 17.1 Å². The highest BCUT2D eigenvalue weighted by atomic mass is 15.4. The van der Waals surface area contributed by atoms with Gasteiger partial charge in [0.25, 0.3) is 0 Å². The summed E-state index contributed by atoms with van der Waals surface area (Å²) in [6, 6.07) is 17.2. The molecule has 0 N–H and O–H groups in total. The molecule has 1 aliphatic rings. The Labute approximate surface area is 102 Å². The van der Waals surface area contributed by atoms with Crippen LogP contribution in [0, 0.1) is 6.92 Å². The first-order valence-electron chi connectivity index (χ1n) is 5.90. The molecule has 0 aliphatic carbocycles. The Hall–Kier alpha value is -1.96. The first kappa shape index (κ1) is 10.2. The molecule has 3 rings (SSSR count). The fourth-order valence-electron chi connectivity index (χ4n) is 2.40. The van der Waals surface area contributed by atoms with Gasteiger partial charge in [0.05, 0.1) is 18.0 Å². The van der Waals surface area contributed by atoms with Crippen LogP contribution in [-0.2, 0) is 0 Å². The fraction of sp³-hybridized carbons (Fsp3) is 0.200. The van der Waals surface area contributed by atoms with E-state index >= 15 is 0 Å². The molecule has 0 bridgehead atoms. The molecule has 1 aliphatic heterocycles. The largest absolute Gasteiger partial charge is 0.355 e. The minimum Gasteiger partial charge on any atom is -0.355 e. The summed E-state index contributed by atoms with van der Waals surface area (Å²) in [7, 11) is 2.13. The number of aryl methyl sites for hydroxylation is 1. The van der Waals surface area contributed by atoms with E-state index in [1.54, 1.807) is 0 Å². The van der Waals surface area contributed by atoms with E-state index < -0.39 is 0 Å². The van der Waals surface area contributed by atoms with Crippen LogP contribution in [0.5, 0.6) is 0 Å². The topological polar surface area (TPSA) is 6.48 Å². The molecule has 2 aromatic carbocycles. The van der Waals surface area contributed by atoms with Gasteiger partial charge in [0, 0.05) is 12.7 Å². The molecular formula is C15H16N2. The van der Waals surface area contributed by atoms with E-state index in [1.165, 1.54) is 22.6 Å². The number of nitrogens with zero attached hydrogens (tertiary/aromatic N) is 2. The number of benzene rings is 2. The van der Waals surface area contributed by atoms with E-state index in [4.69, 9.17) is 0 Å². The van der Waals surface area contributed by atoms with Crippen LogP contribution in [-0.4, -0.2) is 13.7 Å². The van der Waals surface area contributed by atoms with Crippen LogP contribution in [0.1, 0.15) is 5.56 Å². The van der Waals surface area contributed by atoms with Crippen LogP contribution in [0.2, 0.25) is 0 Å². The van der Waals surface area contributed by atoms with Gasteiger partial charge >= 0.3 is 0 Å². The molecule has 2 heteroatoms. The third-order valence-electron chi connectivity index (χ3n) is 3.25. The molecule has 0 spiro atoms. The van der Waals surface area contributed by atoms with Gasteiger partial charge < -0.3 is 9.80 Å². The van der Waals surface area contributed by atoms with E-state index in [1.807, 2.05) is 0 Å². The second-order valence-corrected chi connectivity index (χ2v) is 4.60. The van der Waals surface area contributed by atoms with Gasteiger partial charge in [-0.25, -0.2) is 0 Å². The number of para-hydroxylation sites is 2. The van der Waals surface area contributed by atoms with Gasteiger partial charge in [-0.3, -0.25) is 0 Å². The Bertz CT molecular complexity index is 548. The zero-order chi connectivity index (χ0) is 11.8. The lowest BCUT2D eigenvalue weighted by molar-refractivity contribution is 0.949. The number of fused-ring (bicyclic) bond motifs is 1. The number of hydrogen-bond acceptors (Lipinski definition) is 2. The van der Waals surface area contributed by atoms with Gasteiger partial charge in [0.2, 0.25) is 0 Å². The molecule has 0 fully saturated rings. The molecule has 0 saturated carbocycles. The smallest absolute Gasteiger partial charge is 0.0950 e. The highest BCUT2D eigenvalue weighted by Crippen LogP contribution is 2.39. The Morgan fingerprint density at radius 3 is 2.47 bits per heavy atom. The van der Waals surface area contributed by atoms with Crippen LogP contribution < -0.4 is 9.80 Å². The predicted molar refractivity (Wildman–Crippen MR) is 73.0 cm³/mol. The van der Waals surface area contributed by atoms with Crippen LogP contribution >= 0.6 is 0 Å². The summed E-state index contributed by atoms with van der Waals surface area (Å²) in [5, 5.41) is 0. The second kappa shape index (κ2) is 3.81. The lowest BCUT2D eigenvalue weighted by atomic mass is 10.2. The molecule has 1 heterocycles. The molecule has 0 radical (unpaired) electrons. The van der Waals surface area contributed by atoms with Crippen LogP contribution in [0.3, 0.4) is 0 Å². The minimum absolute atomic E-state index is 0.919. The third kappa shape index (κ3) is 1.66. The Balaban J connectivity index is 2.07. The number of rotatable bonds is 1. The van der Waals surface area contributed by atoms with E-state index in [0.29, 0.717) is 0 Å².